The van der Waals surface area contributed by atoms with Crippen LogP contribution in [0.3, 0.4) is 0 Å². The zero-order valence-corrected chi connectivity index (χ0v) is 19.4. The lowest BCUT2D eigenvalue weighted by atomic mass is 9.44. The van der Waals surface area contributed by atoms with Crippen molar-refractivity contribution in [2.45, 2.75) is 72.0 Å². The topological polar surface area (TPSA) is 93.8 Å². The van der Waals surface area contributed by atoms with Gasteiger partial charge in [-0.05, 0) is 55.1 Å². The van der Waals surface area contributed by atoms with Crippen molar-refractivity contribution in [3.05, 3.63) is 47.0 Å². The zero-order valence-electron chi connectivity index (χ0n) is 19.4. The first-order valence-corrected chi connectivity index (χ1v) is 11.6. The molecule has 3 saturated carbocycles. The Hall–Kier alpha value is -2.21. The van der Waals surface area contributed by atoms with Gasteiger partial charge in [0.15, 0.2) is 0 Å². The number of hydrogen-bond donors (Lipinski definition) is 1. The van der Waals surface area contributed by atoms with E-state index in [9.17, 15) is 19.5 Å². The van der Waals surface area contributed by atoms with E-state index in [1.54, 1.807) is 6.08 Å². The van der Waals surface area contributed by atoms with Crippen molar-refractivity contribution in [1.82, 2.24) is 0 Å². The van der Waals surface area contributed by atoms with Crippen LogP contribution in [0, 0.1) is 34.0 Å². The van der Waals surface area contributed by atoms with E-state index in [0.717, 1.165) is 19.3 Å². The van der Waals surface area contributed by atoms with Crippen LogP contribution in [-0.2, 0) is 9.53 Å². The van der Waals surface area contributed by atoms with Crippen LogP contribution in [0.25, 0.3) is 0 Å². The molecule has 2 bridgehead atoms. The molecule has 1 N–H and O–H groups in total. The van der Waals surface area contributed by atoms with Gasteiger partial charge in [-0.3, -0.25) is 4.79 Å². The van der Waals surface area contributed by atoms with Gasteiger partial charge in [-0.2, -0.15) is 0 Å². The highest BCUT2D eigenvalue weighted by Gasteiger charge is 2.68. The van der Waals surface area contributed by atoms with Crippen molar-refractivity contribution in [3.8, 4) is 0 Å². The van der Waals surface area contributed by atoms with E-state index in [4.69, 9.17) is 9.15 Å². The van der Waals surface area contributed by atoms with Crippen LogP contribution >= 0.6 is 0 Å². The molecule has 1 aromatic heterocycles. The molecule has 6 nitrogen and oxygen atoms in total. The summed E-state index contributed by atoms with van der Waals surface area (Å²) < 4.78 is 10.9. The number of rotatable bonds is 3. The summed E-state index contributed by atoms with van der Waals surface area (Å²) in [6.07, 6.45) is 4.90. The standard InChI is InChI=1S/C26H34O6/c1-6-24(4)14-19(32-23(30)17-8-7-13-31-22(17)29)25(5)15(2)9-11-26(16(3)21(24)28)12-10-18(27)20(25)26/h6-8,13,15-16,19-21,28H,1,9-12,14H2,2-5H3/t15-,16+,19-,20?,21+,24-,25+,26?/m1/s1. The van der Waals surface area contributed by atoms with Gasteiger partial charge in [-0.15, -0.1) is 6.58 Å². The average molecular weight is 443 g/mol. The third-order valence-electron chi connectivity index (χ3n) is 9.51. The lowest BCUT2D eigenvalue weighted by molar-refractivity contribution is -0.192. The molecule has 0 aromatic carbocycles. The Balaban J connectivity index is 1.86. The van der Waals surface area contributed by atoms with Crippen LogP contribution < -0.4 is 5.63 Å². The van der Waals surface area contributed by atoms with Gasteiger partial charge >= 0.3 is 11.6 Å². The summed E-state index contributed by atoms with van der Waals surface area (Å²) in [5.41, 5.74) is -2.58. The van der Waals surface area contributed by atoms with Gasteiger partial charge < -0.3 is 14.3 Å². The molecule has 3 fully saturated rings. The molecule has 0 amide bonds. The van der Waals surface area contributed by atoms with Gasteiger partial charge in [0.25, 0.3) is 0 Å². The predicted octanol–water partition coefficient (Wildman–Crippen LogP) is 4.16. The fraction of sp³-hybridized carbons (Fsp3) is 0.654. The summed E-state index contributed by atoms with van der Waals surface area (Å²) in [6, 6.07) is 2.87. The van der Waals surface area contributed by atoms with Crippen LogP contribution in [0.5, 0.6) is 0 Å². The molecule has 4 rings (SSSR count). The highest BCUT2D eigenvalue weighted by atomic mass is 16.5. The van der Waals surface area contributed by atoms with Crippen molar-refractivity contribution >= 4 is 11.8 Å². The monoisotopic (exact) mass is 442 g/mol. The number of ether oxygens (including phenoxy) is 1. The fourth-order valence-corrected chi connectivity index (χ4v) is 7.21. The van der Waals surface area contributed by atoms with Crippen LogP contribution in [0.15, 0.2) is 40.3 Å². The average Bonchev–Trinajstić information content (AvgIpc) is 3.12. The lowest BCUT2D eigenvalue weighted by Gasteiger charge is -2.61. The number of ketones is 1. The smallest absolute Gasteiger partial charge is 0.350 e. The highest BCUT2D eigenvalue weighted by molar-refractivity contribution is 5.89. The van der Waals surface area contributed by atoms with Crippen molar-refractivity contribution < 1.29 is 23.8 Å². The molecular weight excluding hydrogens is 408 g/mol. The van der Waals surface area contributed by atoms with Crippen molar-refractivity contribution in [2.75, 3.05) is 0 Å². The predicted molar refractivity (Wildman–Crippen MR) is 119 cm³/mol. The van der Waals surface area contributed by atoms with Crippen LogP contribution in [0.4, 0.5) is 0 Å². The molecule has 0 aliphatic heterocycles. The maximum absolute atomic E-state index is 13.4. The Kier molecular flexibility index (Phi) is 5.51. The van der Waals surface area contributed by atoms with Crippen LogP contribution in [0.1, 0.15) is 70.2 Å². The second-order valence-electron chi connectivity index (χ2n) is 10.8. The van der Waals surface area contributed by atoms with E-state index in [-0.39, 0.29) is 34.5 Å². The number of carbonyl (C=O) groups excluding carboxylic acids is 2. The molecule has 3 aliphatic carbocycles. The molecule has 8 atom stereocenters. The highest BCUT2D eigenvalue weighted by Crippen LogP contribution is 2.68. The SMILES string of the molecule is C=C[C@]1(C)C[C@@H](OC(=O)c2cccoc2=O)[C@@]2(C)C3C(=O)CCC3(CC[C@H]2C)[C@@H](C)[C@@H]1O. The second-order valence-corrected chi connectivity index (χ2v) is 10.8. The molecule has 1 heterocycles. The molecule has 2 unspecified atom stereocenters. The molecule has 0 radical (unpaired) electrons. The van der Waals surface area contributed by atoms with Gasteiger partial charge in [0.2, 0.25) is 0 Å². The van der Waals surface area contributed by atoms with Crippen molar-refractivity contribution in [3.63, 3.8) is 0 Å². The summed E-state index contributed by atoms with van der Waals surface area (Å²) in [4.78, 5) is 38.6. The van der Waals surface area contributed by atoms with E-state index < -0.39 is 34.6 Å². The van der Waals surface area contributed by atoms with Gasteiger partial charge in [0, 0.05) is 23.2 Å². The summed E-state index contributed by atoms with van der Waals surface area (Å²) in [7, 11) is 0. The fourth-order valence-electron chi connectivity index (χ4n) is 7.21. The van der Waals surface area contributed by atoms with Gasteiger partial charge in [-0.1, -0.05) is 33.8 Å². The zero-order chi connectivity index (χ0) is 23.5. The normalized spacial score (nSPS) is 43.7. The molecular formula is C26H34O6. The van der Waals surface area contributed by atoms with E-state index in [2.05, 4.69) is 27.4 Å². The molecule has 174 valence electrons. The molecule has 1 aromatic rings. The van der Waals surface area contributed by atoms with Crippen molar-refractivity contribution in [1.29, 1.82) is 0 Å². The van der Waals surface area contributed by atoms with Crippen LogP contribution in [-0.4, -0.2) is 29.1 Å². The number of aliphatic hydroxyl groups is 1. The maximum Gasteiger partial charge on any atom is 0.350 e. The molecule has 0 saturated heterocycles. The van der Waals surface area contributed by atoms with Crippen LogP contribution in [0.2, 0.25) is 0 Å². The Morgan fingerprint density at radius 2 is 2.00 bits per heavy atom. The van der Waals surface area contributed by atoms with E-state index in [1.165, 1.54) is 18.4 Å². The van der Waals surface area contributed by atoms with E-state index in [0.29, 0.717) is 12.8 Å². The molecule has 32 heavy (non-hydrogen) atoms. The van der Waals surface area contributed by atoms with E-state index >= 15 is 0 Å². The number of esters is 1. The van der Waals surface area contributed by atoms with Gasteiger partial charge in [0.1, 0.15) is 17.5 Å². The summed E-state index contributed by atoms with van der Waals surface area (Å²) in [5, 5.41) is 11.5. The third kappa shape index (κ3) is 3.06. The Labute approximate surface area is 189 Å². The first-order chi connectivity index (χ1) is 15.0. The Bertz CT molecular complexity index is 996. The minimum Gasteiger partial charge on any atom is -0.458 e. The Morgan fingerprint density at radius 3 is 2.66 bits per heavy atom. The van der Waals surface area contributed by atoms with E-state index in [1.807, 2.05) is 6.92 Å². The second kappa shape index (κ2) is 7.68. The quantitative estimate of drug-likeness (QED) is 0.558. The number of aliphatic hydroxyl groups excluding tert-OH is 1. The number of hydrogen-bond acceptors (Lipinski definition) is 6. The van der Waals surface area contributed by atoms with Gasteiger partial charge in [0.05, 0.1) is 12.4 Å². The summed E-state index contributed by atoms with van der Waals surface area (Å²) in [5.74, 6) is -0.826. The largest absolute Gasteiger partial charge is 0.458 e. The number of Topliss-reactive ketones (excluding diaryl/α,β-unsaturated/α-hetero) is 1. The minimum atomic E-state index is -0.756. The summed E-state index contributed by atoms with van der Waals surface area (Å²) in [6.45, 7) is 12.2. The molecule has 3 aliphatic rings. The Morgan fingerprint density at radius 1 is 1.28 bits per heavy atom. The molecule has 0 spiro atoms. The first kappa shape index (κ1) is 23.0. The number of carbonyl (C=O) groups is 2. The first-order valence-electron chi connectivity index (χ1n) is 11.6. The lowest BCUT2D eigenvalue weighted by Crippen LogP contribution is -2.63. The van der Waals surface area contributed by atoms with Crippen molar-refractivity contribution in [2.24, 2.45) is 34.0 Å². The third-order valence-corrected chi connectivity index (χ3v) is 9.51. The summed E-state index contributed by atoms with van der Waals surface area (Å²) >= 11 is 0. The van der Waals surface area contributed by atoms with Gasteiger partial charge in [-0.25, -0.2) is 9.59 Å². The maximum atomic E-state index is 13.4. The minimum absolute atomic E-state index is 0.0911. The molecule has 6 heteroatoms.